The lowest BCUT2D eigenvalue weighted by Crippen LogP contribution is -2.48. The predicted octanol–water partition coefficient (Wildman–Crippen LogP) is 10.8. The third-order valence-electron chi connectivity index (χ3n) is 17.8. The number of hydrogen-bond acceptors (Lipinski definition) is 9. The number of aliphatic hydroxyl groups excluding tert-OH is 1. The van der Waals surface area contributed by atoms with E-state index in [0.717, 1.165) is 83.5 Å². The Balaban J connectivity index is 0.000000258. The zero-order chi connectivity index (χ0) is 50.6. The number of aliphatic hydroxyl groups is 1. The molecular weight excluding hydrogens is 869 g/mol. The summed E-state index contributed by atoms with van der Waals surface area (Å²) in [4.78, 5) is 95.8. The first-order valence-electron chi connectivity index (χ1n) is 27.6. The number of amides is 2. The lowest BCUT2D eigenvalue weighted by molar-refractivity contribution is -0.157. The van der Waals surface area contributed by atoms with Gasteiger partial charge in [-0.25, -0.2) is 0 Å². The molecule has 1 N–H and O–H groups in total. The van der Waals surface area contributed by atoms with Gasteiger partial charge in [-0.15, -0.1) is 13.2 Å². The van der Waals surface area contributed by atoms with Crippen LogP contribution < -0.4 is 0 Å². The van der Waals surface area contributed by atoms with E-state index in [0.29, 0.717) is 50.6 Å². The van der Waals surface area contributed by atoms with Crippen LogP contribution in [0.5, 0.6) is 0 Å². The topological polar surface area (TPSA) is 155 Å². The second kappa shape index (κ2) is 25.8. The van der Waals surface area contributed by atoms with E-state index in [1.54, 1.807) is 12.2 Å². The minimum Gasteiger partial charge on any atom is -0.454 e. The third kappa shape index (κ3) is 14.4. The van der Waals surface area contributed by atoms with Crippen LogP contribution in [0.4, 0.5) is 0 Å². The predicted molar refractivity (Wildman–Crippen MR) is 271 cm³/mol. The van der Waals surface area contributed by atoms with Crippen LogP contribution in [-0.2, 0) is 38.3 Å². The van der Waals surface area contributed by atoms with Crippen LogP contribution in [0.25, 0.3) is 0 Å². The molecule has 11 nitrogen and oxygen atoms in total. The molecule has 2 unspecified atom stereocenters. The lowest BCUT2D eigenvalue weighted by Gasteiger charge is -2.34. The van der Waals surface area contributed by atoms with Gasteiger partial charge in [0, 0.05) is 63.5 Å². The number of fused-ring (bicyclic) bond motifs is 6. The largest absolute Gasteiger partial charge is 0.454 e. The summed E-state index contributed by atoms with van der Waals surface area (Å²) in [5.74, 6) is -0.324. The molecule has 12 atom stereocenters. The molecule has 0 aromatic carbocycles. The summed E-state index contributed by atoms with van der Waals surface area (Å²) in [5.41, 5.74) is 0.126. The van der Waals surface area contributed by atoms with E-state index in [2.05, 4.69) is 40.9 Å². The number of carbonyl (C=O) groups is 7. The van der Waals surface area contributed by atoms with E-state index in [1.807, 2.05) is 23.6 Å². The van der Waals surface area contributed by atoms with E-state index >= 15 is 0 Å². The molecule has 4 heterocycles. The van der Waals surface area contributed by atoms with Gasteiger partial charge in [0.05, 0.1) is 12.1 Å². The molecule has 0 aromatic heterocycles. The molecule has 11 heteroatoms. The normalized spacial score (nSPS) is 33.2. The minimum absolute atomic E-state index is 0.0272. The Kier molecular flexibility index (Phi) is 21.1. The van der Waals surface area contributed by atoms with Gasteiger partial charge in [-0.2, -0.15) is 0 Å². The summed E-state index contributed by atoms with van der Waals surface area (Å²) in [7, 11) is 0. The van der Waals surface area contributed by atoms with Gasteiger partial charge in [0.1, 0.15) is 6.10 Å². The number of ether oxygens (including phenoxy) is 1. The molecular formula is C58H92N2O9. The number of Topliss-reactive ketones (excluding diaryl/α,β-unsaturated/α-hetero) is 4. The Morgan fingerprint density at radius 1 is 0.609 bits per heavy atom. The van der Waals surface area contributed by atoms with Gasteiger partial charge in [0.2, 0.25) is 11.8 Å². The van der Waals surface area contributed by atoms with Gasteiger partial charge in [0.15, 0.2) is 29.2 Å². The summed E-state index contributed by atoms with van der Waals surface area (Å²) in [5, 5.41) is 10.9. The third-order valence-corrected chi connectivity index (χ3v) is 17.8. The average molecular weight is 961 g/mol. The molecule has 2 saturated carbocycles. The summed E-state index contributed by atoms with van der Waals surface area (Å²) in [6.45, 7) is 22.8. The number of piperidine rings is 2. The van der Waals surface area contributed by atoms with E-state index in [4.69, 9.17) is 4.74 Å². The maximum Gasteiger partial charge on any atom is 0.303 e. The van der Waals surface area contributed by atoms with Crippen molar-refractivity contribution in [2.24, 2.45) is 58.2 Å². The van der Waals surface area contributed by atoms with Gasteiger partial charge in [-0.1, -0.05) is 144 Å². The van der Waals surface area contributed by atoms with Crippen LogP contribution in [0.15, 0.2) is 25.3 Å². The van der Waals surface area contributed by atoms with Gasteiger partial charge in [-0.3, -0.25) is 33.6 Å². The van der Waals surface area contributed by atoms with Gasteiger partial charge < -0.3 is 19.6 Å². The van der Waals surface area contributed by atoms with Crippen molar-refractivity contribution in [1.29, 1.82) is 0 Å². The van der Waals surface area contributed by atoms with Crippen molar-refractivity contribution < 1.29 is 43.4 Å². The Labute approximate surface area is 416 Å². The smallest absolute Gasteiger partial charge is 0.303 e. The fourth-order valence-electron chi connectivity index (χ4n) is 13.2. The molecule has 6 aliphatic rings. The summed E-state index contributed by atoms with van der Waals surface area (Å²) in [6, 6.07) is -0.831. The van der Waals surface area contributed by atoms with Crippen LogP contribution >= 0.6 is 0 Å². The van der Waals surface area contributed by atoms with Crippen molar-refractivity contribution in [3.63, 3.8) is 0 Å². The second-order valence-corrected chi connectivity index (χ2v) is 23.6. The Morgan fingerprint density at radius 2 is 0.971 bits per heavy atom. The summed E-state index contributed by atoms with van der Waals surface area (Å²) < 4.78 is 5.57. The van der Waals surface area contributed by atoms with Crippen LogP contribution in [0, 0.1) is 58.2 Å². The van der Waals surface area contributed by atoms with Gasteiger partial charge in [0.25, 0.3) is 0 Å². The van der Waals surface area contributed by atoms with E-state index < -0.39 is 30.3 Å². The number of allylic oxidation sites excluding steroid dienone is 2. The zero-order valence-corrected chi connectivity index (χ0v) is 44.0. The van der Waals surface area contributed by atoms with E-state index in [9.17, 15) is 38.7 Å². The number of nitrogens with zero attached hydrogens (tertiary/aromatic N) is 2. The first-order chi connectivity index (χ1) is 32.8. The molecule has 0 aromatic rings. The van der Waals surface area contributed by atoms with Crippen LogP contribution in [-0.4, -0.2) is 93.2 Å². The van der Waals surface area contributed by atoms with Crippen molar-refractivity contribution in [2.45, 2.75) is 227 Å². The average Bonchev–Trinajstić information content (AvgIpc) is 3.75. The number of esters is 1. The molecule has 4 aliphatic heterocycles. The minimum atomic E-state index is -1.11. The van der Waals surface area contributed by atoms with Gasteiger partial charge in [-0.05, 0) is 78.9 Å². The van der Waals surface area contributed by atoms with Crippen molar-refractivity contribution in [3.8, 4) is 0 Å². The summed E-state index contributed by atoms with van der Waals surface area (Å²) in [6.07, 6.45) is 21.6. The molecule has 2 amide bonds. The second-order valence-electron chi connectivity index (χ2n) is 23.6. The summed E-state index contributed by atoms with van der Waals surface area (Å²) >= 11 is 0. The number of rotatable bonds is 11. The van der Waals surface area contributed by atoms with E-state index in [-0.39, 0.29) is 107 Å². The molecule has 6 rings (SSSR count). The first-order valence-corrected chi connectivity index (χ1v) is 27.6. The fourth-order valence-corrected chi connectivity index (χ4v) is 13.2. The first kappa shape index (κ1) is 56.4. The van der Waals surface area contributed by atoms with Crippen molar-refractivity contribution in [1.82, 2.24) is 9.80 Å². The molecule has 6 fully saturated rings. The molecule has 69 heavy (non-hydrogen) atoms. The standard InChI is InChI=1S/C30H47NO5.C28H45NO4/c1-6-7-17-24(33)28(36-21(3)32)22-16-14-12-10-8-9-11-13-15-20(2)29(35)31-19-23-26(30(23,4)5)27(31)25(34)18-22;1-5-6-16-22(30)26(32)20-15-13-11-9-7-8-10-12-14-19(2)27(33)29-18-21-24(28(21,3)4)25(29)23(31)17-20/h6,20,22-23,26-28H,1,7-19H2,2-5H3;5,19-21,24-26,32H,1,6-18H2,2-4H3/t20-,22+,23-,26-,27+,28?;19-,20+,21-,24-,25+,26?/m00/s1. The zero-order valence-electron chi connectivity index (χ0n) is 44.0. The highest BCUT2D eigenvalue weighted by Gasteiger charge is 2.70. The molecule has 0 spiro atoms. The van der Waals surface area contributed by atoms with E-state index in [1.165, 1.54) is 26.2 Å². The lowest BCUT2D eigenvalue weighted by atomic mass is 9.84. The molecule has 0 radical (unpaired) electrons. The van der Waals surface area contributed by atoms with Crippen molar-refractivity contribution >= 4 is 40.9 Å². The quantitative estimate of drug-likeness (QED) is 0.157. The molecule has 388 valence electrons. The molecule has 4 saturated heterocycles. The van der Waals surface area contributed by atoms with Crippen LogP contribution in [0.1, 0.15) is 203 Å². The Bertz CT molecular complexity index is 1820. The van der Waals surface area contributed by atoms with Crippen molar-refractivity contribution in [2.75, 3.05) is 13.1 Å². The highest BCUT2D eigenvalue weighted by atomic mass is 16.5. The van der Waals surface area contributed by atoms with Crippen LogP contribution in [0.2, 0.25) is 0 Å². The number of hydrogen-bond donors (Lipinski definition) is 1. The van der Waals surface area contributed by atoms with Crippen LogP contribution in [0.3, 0.4) is 0 Å². The number of ketones is 4. The molecule has 2 aliphatic carbocycles. The maximum absolute atomic E-state index is 13.9. The highest BCUT2D eigenvalue weighted by Crippen LogP contribution is 2.66. The monoisotopic (exact) mass is 961 g/mol. The Hall–Kier alpha value is -3.47. The highest BCUT2D eigenvalue weighted by molar-refractivity contribution is 5.94. The van der Waals surface area contributed by atoms with Gasteiger partial charge >= 0.3 is 5.97 Å². The number of carbonyl (C=O) groups excluding carboxylic acids is 7. The molecule has 0 bridgehead atoms. The van der Waals surface area contributed by atoms with Crippen molar-refractivity contribution in [3.05, 3.63) is 25.3 Å². The maximum atomic E-state index is 13.9. The Morgan fingerprint density at radius 3 is 1.38 bits per heavy atom. The SMILES string of the molecule is C=CCCC(=O)C(O)[C@@H]1CCCCCCCCC[C@H](C)C(=O)N2C[C@H]3[C@@H]([C@H]2C(=O)C1)C3(C)C.C=CCCC(=O)C(OC(C)=O)[C@@H]1CCCCCCCCC[C@H](C)C(=O)N2C[C@H]3[C@@H]([C@H]2C(=O)C1)C3(C)C. The fraction of sp³-hybridized carbons (Fsp3) is 0.810.